The van der Waals surface area contributed by atoms with Gasteiger partial charge in [-0.3, -0.25) is 4.79 Å². The molecular formula is C17H24N4O3. The Morgan fingerprint density at radius 2 is 1.83 bits per heavy atom. The van der Waals surface area contributed by atoms with E-state index >= 15 is 0 Å². The van der Waals surface area contributed by atoms with E-state index in [1.807, 2.05) is 13.8 Å². The molecule has 0 unspecified atom stereocenters. The molecule has 1 amide bonds. The molecule has 1 aliphatic rings. The number of hydrogen-bond donors (Lipinski definition) is 1. The lowest BCUT2D eigenvalue weighted by Crippen LogP contribution is -2.45. The number of rotatable bonds is 4. The third kappa shape index (κ3) is 3.34. The lowest BCUT2D eigenvalue weighted by atomic mass is 9.89. The zero-order valence-electron chi connectivity index (χ0n) is 14.5. The number of aromatic nitrogens is 3. The Bertz CT molecular complexity index is 692. The van der Waals surface area contributed by atoms with Crippen molar-refractivity contribution in [2.45, 2.75) is 71.3 Å². The summed E-state index contributed by atoms with van der Waals surface area (Å²) in [5.41, 5.74) is 1.29. The summed E-state index contributed by atoms with van der Waals surface area (Å²) < 4.78 is 10.6. The highest BCUT2D eigenvalue weighted by molar-refractivity contribution is 5.74. The smallest absolute Gasteiger partial charge is 0.231 e. The molecule has 0 atom stereocenters. The van der Waals surface area contributed by atoms with Crippen LogP contribution in [0.3, 0.4) is 0 Å². The molecule has 7 nitrogen and oxygen atoms in total. The standard InChI is InChI=1S/C17H24N4O3/c1-11-14(12(2)23-20-11)10-15-18-16(21-24-15)17(19-13(3)22)8-6-4-5-7-9-17/h4-10H2,1-3H3,(H,19,22). The summed E-state index contributed by atoms with van der Waals surface area (Å²) in [5.74, 6) is 1.81. The maximum Gasteiger partial charge on any atom is 0.231 e. The van der Waals surface area contributed by atoms with Gasteiger partial charge in [-0.15, -0.1) is 0 Å². The van der Waals surface area contributed by atoms with E-state index in [2.05, 4.69) is 20.6 Å². The Balaban J connectivity index is 1.87. The molecule has 1 N–H and O–H groups in total. The minimum Gasteiger partial charge on any atom is -0.361 e. The van der Waals surface area contributed by atoms with E-state index in [9.17, 15) is 4.79 Å². The Hall–Kier alpha value is -2.18. The van der Waals surface area contributed by atoms with Crippen LogP contribution < -0.4 is 5.32 Å². The first-order valence-electron chi connectivity index (χ1n) is 8.54. The van der Waals surface area contributed by atoms with Gasteiger partial charge in [0.25, 0.3) is 0 Å². The zero-order valence-corrected chi connectivity index (χ0v) is 14.5. The first-order chi connectivity index (χ1) is 11.5. The van der Waals surface area contributed by atoms with Crippen molar-refractivity contribution < 1.29 is 13.8 Å². The van der Waals surface area contributed by atoms with Crippen LogP contribution in [0.4, 0.5) is 0 Å². The van der Waals surface area contributed by atoms with Crippen molar-refractivity contribution in [2.24, 2.45) is 0 Å². The van der Waals surface area contributed by atoms with Gasteiger partial charge in [0.2, 0.25) is 11.8 Å². The van der Waals surface area contributed by atoms with Gasteiger partial charge in [-0.25, -0.2) is 0 Å². The van der Waals surface area contributed by atoms with Crippen molar-refractivity contribution in [3.63, 3.8) is 0 Å². The van der Waals surface area contributed by atoms with Crippen molar-refractivity contribution in [2.75, 3.05) is 0 Å². The highest BCUT2D eigenvalue weighted by Crippen LogP contribution is 2.34. The van der Waals surface area contributed by atoms with Gasteiger partial charge in [0.05, 0.1) is 12.1 Å². The second kappa shape index (κ2) is 6.75. The monoisotopic (exact) mass is 332 g/mol. The van der Waals surface area contributed by atoms with Crippen LogP contribution >= 0.6 is 0 Å². The van der Waals surface area contributed by atoms with Gasteiger partial charge >= 0.3 is 0 Å². The normalized spacial score (nSPS) is 17.5. The number of aryl methyl sites for hydroxylation is 2. The van der Waals surface area contributed by atoms with E-state index in [1.54, 1.807) is 0 Å². The van der Waals surface area contributed by atoms with Crippen LogP contribution in [0.2, 0.25) is 0 Å². The van der Waals surface area contributed by atoms with Gasteiger partial charge in [0, 0.05) is 12.5 Å². The summed E-state index contributed by atoms with van der Waals surface area (Å²) >= 11 is 0. The average molecular weight is 332 g/mol. The Kier molecular flexibility index (Phi) is 4.69. The molecule has 1 fully saturated rings. The fourth-order valence-corrected chi connectivity index (χ4v) is 3.50. The number of carbonyl (C=O) groups excluding carboxylic acids is 1. The van der Waals surface area contributed by atoms with Crippen LogP contribution in [0, 0.1) is 13.8 Å². The molecule has 0 saturated heterocycles. The third-order valence-corrected chi connectivity index (χ3v) is 4.78. The fourth-order valence-electron chi connectivity index (χ4n) is 3.50. The van der Waals surface area contributed by atoms with E-state index < -0.39 is 5.54 Å². The van der Waals surface area contributed by atoms with Gasteiger partial charge in [0.1, 0.15) is 11.3 Å². The van der Waals surface area contributed by atoms with Crippen LogP contribution in [-0.2, 0) is 16.8 Å². The fraction of sp³-hybridized carbons (Fsp3) is 0.647. The van der Waals surface area contributed by atoms with Gasteiger partial charge in [-0.2, -0.15) is 4.98 Å². The summed E-state index contributed by atoms with van der Waals surface area (Å²) in [5, 5.41) is 11.2. The molecular weight excluding hydrogens is 308 g/mol. The molecule has 0 spiro atoms. The lowest BCUT2D eigenvalue weighted by Gasteiger charge is -2.30. The largest absolute Gasteiger partial charge is 0.361 e. The highest BCUT2D eigenvalue weighted by Gasteiger charge is 2.38. The summed E-state index contributed by atoms with van der Waals surface area (Å²) in [6.07, 6.45) is 6.62. The van der Waals surface area contributed by atoms with Gasteiger partial charge < -0.3 is 14.4 Å². The van der Waals surface area contributed by atoms with Gasteiger partial charge in [-0.05, 0) is 26.7 Å². The number of amides is 1. The molecule has 1 saturated carbocycles. The third-order valence-electron chi connectivity index (χ3n) is 4.78. The SMILES string of the molecule is CC(=O)NC1(c2noc(Cc3c(C)noc3C)n2)CCCCCC1. The van der Waals surface area contributed by atoms with E-state index in [0.717, 1.165) is 42.7 Å². The van der Waals surface area contributed by atoms with Crippen molar-refractivity contribution in [1.29, 1.82) is 0 Å². The highest BCUT2D eigenvalue weighted by atomic mass is 16.5. The van der Waals surface area contributed by atoms with Crippen LogP contribution in [-0.4, -0.2) is 21.2 Å². The molecule has 0 aromatic carbocycles. The summed E-state index contributed by atoms with van der Waals surface area (Å²) in [6, 6.07) is 0. The van der Waals surface area contributed by atoms with Gasteiger partial charge in [-0.1, -0.05) is 36.0 Å². The quantitative estimate of drug-likeness (QED) is 0.865. The van der Waals surface area contributed by atoms with Crippen LogP contribution in [0.1, 0.15) is 74.2 Å². The van der Waals surface area contributed by atoms with Crippen molar-refractivity contribution in [3.05, 3.63) is 28.7 Å². The zero-order chi connectivity index (χ0) is 17.2. The Labute approximate surface area is 141 Å². The minimum atomic E-state index is -0.511. The van der Waals surface area contributed by atoms with Crippen LogP contribution in [0.15, 0.2) is 9.05 Å². The predicted molar refractivity (Wildman–Crippen MR) is 86.3 cm³/mol. The number of nitrogens with zero attached hydrogens (tertiary/aromatic N) is 3. The molecule has 2 aromatic rings. The lowest BCUT2D eigenvalue weighted by molar-refractivity contribution is -0.121. The average Bonchev–Trinajstić information content (AvgIpc) is 3.04. The molecule has 3 rings (SSSR count). The summed E-state index contributed by atoms with van der Waals surface area (Å²) in [4.78, 5) is 16.3. The first-order valence-corrected chi connectivity index (χ1v) is 8.54. The predicted octanol–water partition coefficient (Wildman–Crippen LogP) is 2.95. The van der Waals surface area contributed by atoms with E-state index in [4.69, 9.17) is 9.05 Å². The second-order valence-corrected chi connectivity index (χ2v) is 6.67. The van der Waals surface area contributed by atoms with E-state index in [0.29, 0.717) is 18.1 Å². The molecule has 0 radical (unpaired) electrons. The summed E-state index contributed by atoms with van der Waals surface area (Å²) in [6.45, 7) is 5.31. The molecule has 24 heavy (non-hydrogen) atoms. The Morgan fingerprint density at radius 1 is 1.12 bits per heavy atom. The Morgan fingerprint density at radius 3 is 2.42 bits per heavy atom. The number of nitrogens with one attached hydrogen (secondary N) is 1. The maximum absolute atomic E-state index is 11.7. The number of carbonyl (C=O) groups is 1. The molecule has 0 bridgehead atoms. The molecule has 1 aliphatic carbocycles. The second-order valence-electron chi connectivity index (χ2n) is 6.67. The van der Waals surface area contributed by atoms with E-state index in [1.165, 1.54) is 19.8 Å². The van der Waals surface area contributed by atoms with Crippen molar-refractivity contribution >= 4 is 5.91 Å². The molecule has 7 heteroatoms. The first kappa shape index (κ1) is 16.7. The molecule has 130 valence electrons. The van der Waals surface area contributed by atoms with Crippen molar-refractivity contribution in [1.82, 2.24) is 20.6 Å². The molecule has 2 heterocycles. The topological polar surface area (TPSA) is 94.1 Å². The molecule has 2 aromatic heterocycles. The van der Waals surface area contributed by atoms with Gasteiger partial charge in [0.15, 0.2) is 5.82 Å². The van der Waals surface area contributed by atoms with Crippen LogP contribution in [0.25, 0.3) is 0 Å². The van der Waals surface area contributed by atoms with E-state index in [-0.39, 0.29) is 5.91 Å². The molecule has 0 aliphatic heterocycles. The summed E-state index contributed by atoms with van der Waals surface area (Å²) in [7, 11) is 0. The minimum absolute atomic E-state index is 0.0611. The maximum atomic E-state index is 11.7. The van der Waals surface area contributed by atoms with Crippen LogP contribution in [0.5, 0.6) is 0 Å². The van der Waals surface area contributed by atoms with Crippen molar-refractivity contribution in [3.8, 4) is 0 Å². The number of hydrogen-bond acceptors (Lipinski definition) is 6.